The Kier molecular flexibility index (Phi) is 2.94. The number of nitrogens with one attached hydrogen (secondary N) is 1. The lowest BCUT2D eigenvalue weighted by atomic mass is 10.6. The highest BCUT2D eigenvalue weighted by Gasteiger charge is 2.11. The first-order valence-corrected chi connectivity index (χ1v) is 3.33. The number of nitrogens with two attached hydrogens (primary N) is 1. The smallest absolute Gasteiger partial charge is 0.277 e. The van der Waals surface area contributed by atoms with E-state index in [4.69, 9.17) is 10.6 Å². The Bertz CT molecular complexity index is 239. The zero-order valence-electron chi connectivity index (χ0n) is 6.62. The van der Waals surface area contributed by atoms with E-state index in [0.29, 0.717) is 13.2 Å². The second kappa shape index (κ2) is 3.98. The lowest BCUT2D eigenvalue weighted by molar-refractivity contribution is 0.205. The number of H-pyrrole nitrogens is 1. The van der Waals surface area contributed by atoms with Crippen molar-refractivity contribution >= 4 is 5.82 Å². The van der Waals surface area contributed by atoms with Crippen LogP contribution in [0.4, 0.5) is 10.2 Å². The Hall–Kier alpha value is -1.21. The molecule has 0 fully saturated rings. The molecule has 0 saturated carbocycles. The number of halogens is 1. The normalized spacial score (nSPS) is 10.2. The van der Waals surface area contributed by atoms with Crippen molar-refractivity contribution in [2.75, 3.05) is 25.3 Å². The molecule has 0 bridgehead atoms. The summed E-state index contributed by atoms with van der Waals surface area (Å²) >= 11 is 0. The molecule has 6 nitrogen and oxygen atoms in total. The summed E-state index contributed by atoms with van der Waals surface area (Å²) in [5, 5.41) is 9.93. The summed E-state index contributed by atoms with van der Waals surface area (Å²) < 4.78 is 17.4. The molecule has 0 aliphatic carbocycles. The van der Waals surface area contributed by atoms with Crippen molar-refractivity contribution in [2.24, 2.45) is 5.84 Å². The number of aromatic nitrogens is 3. The number of rotatable bonds is 4. The van der Waals surface area contributed by atoms with Crippen LogP contribution >= 0.6 is 0 Å². The van der Waals surface area contributed by atoms with Crippen molar-refractivity contribution in [1.29, 1.82) is 0 Å². The van der Waals surface area contributed by atoms with Crippen LogP contribution in [0.5, 0.6) is 0 Å². The van der Waals surface area contributed by atoms with E-state index in [-0.39, 0.29) is 5.82 Å². The molecule has 1 aromatic rings. The number of hydrazine groups is 1. The third kappa shape index (κ3) is 1.89. The number of hydrogen-bond donors (Lipinski definition) is 2. The van der Waals surface area contributed by atoms with Gasteiger partial charge in [-0.1, -0.05) is 0 Å². The molecule has 0 atom stereocenters. The van der Waals surface area contributed by atoms with Crippen molar-refractivity contribution in [2.45, 2.75) is 0 Å². The highest BCUT2D eigenvalue weighted by molar-refractivity contribution is 5.32. The molecule has 0 saturated heterocycles. The van der Waals surface area contributed by atoms with Gasteiger partial charge in [0.2, 0.25) is 5.82 Å². The molecule has 0 spiro atoms. The van der Waals surface area contributed by atoms with Gasteiger partial charge in [0.1, 0.15) is 0 Å². The van der Waals surface area contributed by atoms with Gasteiger partial charge < -0.3 is 4.74 Å². The number of aromatic amines is 1. The van der Waals surface area contributed by atoms with Crippen molar-refractivity contribution in [3.05, 3.63) is 5.95 Å². The molecular weight excluding hydrogens is 165 g/mol. The molecule has 12 heavy (non-hydrogen) atoms. The van der Waals surface area contributed by atoms with E-state index in [1.807, 2.05) is 0 Å². The Balaban J connectivity index is 2.52. The standard InChI is InChI=1S/C5H10FN5O/c1-12-3-2-11(7)5-4(6)8-10-9-5/h2-3,7H2,1H3,(H,8,9,10). The molecule has 0 aliphatic heterocycles. The van der Waals surface area contributed by atoms with Gasteiger partial charge in [-0.25, -0.2) is 5.84 Å². The fraction of sp³-hybridized carbons (Fsp3) is 0.600. The van der Waals surface area contributed by atoms with Crippen molar-refractivity contribution in [1.82, 2.24) is 15.4 Å². The van der Waals surface area contributed by atoms with Gasteiger partial charge in [-0.05, 0) is 0 Å². The van der Waals surface area contributed by atoms with E-state index in [1.54, 1.807) is 0 Å². The topological polar surface area (TPSA) is 80.1 Å². The Morgan fingerprint density at radius 2 is 2.42 bits per heavy atom. The first-order valence-electron chi connectivity index (χ1n) is 3.33. The number of methoxy groups -OCH3 is 1. The largest absolute Gasteiger partial charge is 0.383 e. The second-order valence-corrected chi connectivity index (χ2v) is 2.12. The zero-order chi connectivity index (χ0) is 8.97. The van der Waals surface area contributed by atoms with E-state index in [1.165, 1.54) is 7.11 Å². The second-order valence-electron chi connectivity index (χ2n) is 2.12. The Morgan fingerprint density at radius 3 is 2.92 bits per heavy atom. The van der Waals surface area contributed by atoms with Gasteiger partial charge in [0, 0.05) is 7.11 Å². The van der Waals surface area contributed by atoms with Gasteiger partial charge in [-0.3, -0.25) is 5.01 Å². The molecule has 68 valence electrons. The predicted molar refractivity (Wildman–Crippen MR) is 39.8 cm³/mol. The van der Waals surface area contributed by atoms with Crippen LogP contribution in [0.2, 0.25) is 0 Å². The van der Waals surface area contributed by atoms with E-state index in [9.17, 15) is 4.39 Å². The minimum Gasteiger partial charge on any atom is -0.383 e. The van der Waals surface area contributed by atoms with Crippen LogP contribution in [-0.4, -0.2) is 35.7 Å². The van der Waals surface area contributed by atoms with Crippen molar-refractivity contribution in [3.8, 4) is 0 Å². The molecular formula is C5H10FN5O. The van der Waals surface area contributed by atoms with Crippen LogP contribution in [0, 0.1) is 5.95 Å². The number of ether oxygens (including phenoxy) is 1. The number of nitrogens with zero attached hydrogens (tertiary/aromatic N) is 3. The maximum atomic E-state index is 12.7. The third-order valence-corrected chi connectivity index (χ3v) is 1.30. The fourth-order valence-corrected chi connectivity index (χ4v) is 0.691. The van der Waals surface area contributed by atoms with Crippen molar-refractivity contribution < 1.29 is 9.13 Å². The van der Waals surface area contributed by atoms with Gasteiger partial charge in [0.15, 0.2) is 0 Å². The monoisotopic (exact) mass is 175 g/mol. The average molecular weight is 175 g/mol. The third-order valence-electron chi connectivity index (χ3n) is 1.30. The molecule has 0 aromatic carbocycles. The number of hydrogen-bond acceptors (Lipinski definition) is 5. The average Bonchev–Trinajstić information content (AvgIpc) is 2.47. The van der Waals surface area contributed by atoms with Crippen LogP contribution in [0.3, 0.4) is 0 Å². The van der Waals surface area contributed by atoms with Crippen molar-refractivity contribution in [3.63, 3.8) is 0 Å². The summed E-state index contributed by atoms with van der Waals surface area (Å²) in [6, 6.07) is 0. The van der Waals surface area contributed by atoms with Crippen LogP contribution < -0.4 is 10.9 Å². The lowest BCUT2D eigenvalue weighted by Gasteiger charge is -2.13. The van der Waals surface area contributed by atoms with E-state index < -0.39 is 5.95 Å². The van der Waals surface area contributed by atoms with Crippen LogP contribution in [0.25, 0.3) is 0 Å². The molecule has 0 amide bonds. The van der Waals surface area contributed by atoms with Gasteiger partial charge in [-0.2, -0.15) is 9.60 Å². The van der Waals surface area contributed by atoms with Gasteiger partial charge in [-0.15, -0.1) is 10.2 Å². The van der Waals surface area contributed by atoms with Gasteiger partial charge >= 0.3 is 0 Å². The minimum absolute atomic E-state index is 0.00736. The summed E-state index contributed by atoms with van der Waals surface area (Å²) in [4.78, 5) is 0. The summed E-state index contributed by atoms with van der Waals surface area (Å²) in [5.41, 5.74) is 0. The molecule has 1 aromatic heterocycles. The highest BCUT2D eigenvalue weighted by atomic mass is 19.1. The maximum absolute atomic E-state index is 12.7. The summed E-state index contributed by atoms with van der Waals surface area (Å²) in [6.45, 7) is 0.767. The molecule has 0 radical (unpaired) electrons. The summed E-state index contributed by atoms with van der Waals surface area (Å²) in [6.07, 6.45) is 0. The lowest BCUT2D eigenvalue weighted by Crippen LogP contribution is -2.35. The maximum Gasteiger partial charge on any atom is 0.277 e. The van der Waals surface area contributed by atoms with Gasteiger partial charge in [0.05, 0.1) is 13.2 Å². The molecule has 7 heteroatoms. The SMILES string of the molecule is COCCN(N)c1n[nH]nc1F. The molecule has 0 aliphatic rings. The van der Waals surface area contributed by atoms with Crippen LogP contribution in [-0.2, 0) is 4.74 Å². The molecule has 1 rings (SSSR count). The quantitative estimate of drug-likeness (QED) is 0.466. The fourth-order valence-electron chi connectivity index (χ4n) is 0.691. The Morgan fingerprint density at radius 1 is 1.67 bits per heavy atom. The van der Waals surface area contributed by atoms with E-state index in [2.05, 4.69) is 15.4 Å². The summed E-state index contributed by atoms with van der Waals surface area (Å²) in [7, 11) is 1.53. The Labute approximate surface area is 68.5 Å². The summed E-state index contributed by atoms with van der Waals surface area (Å²) in [5.74, 6) is 4.70. The molecule has 3 N–H and O–H groups in total. The molecule has 0 unspecified atom stereocenters. The minimum atomic E-state index is -0.714. The first-order chi connectivity index (χ1) is 5.75. The van der Waals surface area contributed by atoms with Gasteiger partial charge in [0.25, 0.3) is 5.95 Å². The zero-order valence-corrected chi connectivity index (χ0v) is 6.62. The molecule has 1 heterocycles. The number of anilines is 1. The first kappa shape index (κ1) is 8.88. The van der Waals surface area contributed by atoms with Crippen LogP contribution in [0.1, 0.15) is 0 Å². The highest BCUT2D eigenvalue weighted by Crippen LogP contribution is 2.07. The predicted octanol–water partition coefficient (Wildman–Crippen LogP) is -0.730. The van der Waals surface area contributed by atoms with E-state index >= 15 is 0 Å². The van der Waals surface area contributed by atoms with Crippen LogP contribution in [0.15, 0.2) is 0 Å². The van der Waals surface area contributed by atoms with E-state index in [0.717, 1.165) is 5.01 Å².